The zero-order chi connectivity index (χ0) is 15.6. The molecule has 0 atom stereocenters. The number of nitrogens with one attached hydrogen (secondary N) is 1. The molecule has 0 unspecified atom stereocenters. The molecule has 0 aliphatic carbocycles. The summed E-state index contributed by atoms with van der Waals surface area (Å²) < 4.78 is 27.6. The van der Waals surface area contributed by atoms with Crippen molar-refractivity contribution < 1.29 is 8.42 Å². The van der Waals surface area contributed by atoms with Crippen LogP contribution in [0.15, 0.2) is 47.4 Å². The number of rotatable bonds is 4. The first kappa shape index (κ1) is 15.2. The highest BCUT2D eigenvalue weighted by molar-refractivity contribution is 7.92. The Labute approximate surface area is 125 Å². The molecule has 3 N–H and O–H groups in total. The second-order valence-corrected chi connectivity index (χ2v) is 6.71. The lowest BCUT2D eigenvalue weighted by Crippen LogP contribution is -2.18. The Kier molecular flexibility index (Phi) is 4.09. The van der Waals surface area contributed by atoms with Gasteiger partial charge in [0.15, 0.2) is 0 Å². The van der Waals surface area contributed by atoms with Gasteiger partial charge in [-0.2, -0.15) is 0 Å². The molecule has 0 bridgehead atoms. The standard InChI is InChI=1S/C15H19N3O2S/c1-11-8-9-15(12(16)10-11)21(19,20)17-13-6-4-5-7-14(13)18(2)3/h4-10,17H,16H2,1-3H3. The van der Waals surface area contributed by atoms with E-state index in [4.69, 9.17) is 5.73 Å². The van der Waals surface area contributed by atoms with Gasteiger partial charge in [-0.3, -0.25) is 4.72 Å². The van der Waals surface area contributed by atoms with Gasteiger partial charge in [-0.25, -0.2) is 8.42 Å². The molecule has 0 spiro atoms. The number of hydrogen-bond donors (Lipinski definition) is 2. The average molecular weight is 305 g/mol. The maximum absolute atomic E-state index is 12.5. The van der Waals surface area contributed by atoms with E-state index in [9.17, 15) is 8.42 Å². The molecule has 5 nitrogen and oxygen atoms in total. The van der Waals surface area contributed by atoms with Crippen molar-refractivity contribution in [2.45, 2.75) is 11.8 Å². The molecule has 112 valence electrons. The van der Waals surface area contributed by atoms with E-state index < -0.39 is 10.0 Å². The van der Waals surface area contributed by atoms with Gasteiger partial charge in [0.05, 0.1) is 17.1 Å². The van der Waals surface area contributed by atoms with Gasteiger partial charge >= 0.3 is 0 Å². The number of nitrogen functional groups attached to an aromatic ring is 1. The number of aryl methyl sites for hydroxylation is 1. The summed E-state index contributed by atoms with van der Waals surface area (Å²) in [4.78, 5) is 1.93. The third-order valence-corrected chi connectivity index (χ3v) is 4.52. The minimum atomic E-state index is -3.72. The van der Waals surface area contributed by atoms with Crippen LogP contribution in [-0.2, 0) is 10.0 Å². The van der Waals surface area contributed by atoms with E-state index in [2.05, 4.69) is 4.72 Å². The Morgan fingerprint density at radius 1 is 1.10 bits per heavy atom. The van der Waals surface area contributed by atoms with Crippen LogP contribution in [-0.4, -0.2) is 22.5 Å². The van der Waals surface area contributed by atoms with Crippen LogP contribution in [0.1, 0.15) is 5.56 Å². The SMILES string of the molecule is Cc1ccc(S(=O)(=O)Nc2ccccc2N(C)C)c(N)c1. The predicted molar refractivity (Wildman–Crippen MR) is 87.2 cm³/mol. The quantitative estimate of drug-likeness (QED) is 0.851. The molecule has 0 fully saturated rings. The highest BCUT2D eigenvalue weighted by Gasteiger charge is 2.19. The van der Waals surface area contributed by atoms with Crippen LogP contribution in [0.3, 0.4) is 0 Å². The Balaban J connectivity index is 2.43. The van der Waals surface area contributed by atoms with Crippen molar-refractivity contribution in [1.29, 1.82) is 0 Å². The van der Waals surface area contributed by atoms with Crippen molar-refractivity contribution in [3.05, 3.63) is 48.0 Å². The first-order valence-electron chi connectivity index (χ1n) is 6.46. The minimum Gasteiger partial charge on any atom is -0.398 e. The van der Waals surface area contributed by atoms with Gasteiger partial charge < -0.3 is 10.6 Å². The van der Waals surface area contributed by atoms with Crippen molar-refractivity contribution in [3.8, 4) is 0 Å². The van der Waals surface area contributed by atoms with Crippen LogP contribution in [0.2, 0.25) is 0 Å². The largest absolute Gasteiger partial charge is 0.398 e. The molecule has 0 aromatic heterocycles. The minimum absolute atomic E-state index is 0.0849. The molecular formula is C15H19N3O2S. The molecule has 2 aromatic rings. The van der Waals surface area contributed by atoms with Crippen molar-refractivity contribution in [1.82, 2.24) is 0 Å². The molecule has 0 heterocycles. The van der Waals surface area contributed by atoms with E-state index >= 15 is 0 Å². The lowest BCUT2D eigenvalue weighted by atomic mass is 10.2. The summed E-state index contributed by atoms with van der Waals surface area (Å²) in [6.07, 6.45) is 0. The number of para-hydroxylation sites is 2. The molecule has 0 saturated carbocycles. The van der Waals surface area contributed by atoms with Gasteiger partial charge in [0.25, 0.3) is 10.0 Å². The average Bonchev–Trinajstić information content (AvgIpc) is 2.37. The fourth-order valence-corrected chi connectivity index (χ4v) is 3.25. The smallest absolute Gasteiger partial charge is 0.264 e. The maximum Gasteiger partial charge on any atom is 0.264 e. The second kappa shape index (κ2) is 5.65. The number of sulfonamides is 1. The molecule has 0 aliphatic heterocycles. The Hall–Kier alpha value is -2.21. The van der Waals surface area contributed by atoms with E-state index in [1.807, 2.05) is 38.1 Å². The van der Waals surface area contributed by atoms with E-state index in [0.29, 0.717) is 5.69 Å². The third-order valence-electron chi connectivity index (χ3n) is 3.08. The van der Waals surface area contributed by atoms with Crippen LogP contribution < -0.4 is 15.4 Å². The van der Waals surface area contributed by atoms with Crippen LogP contribution >= 0.6 is 0 Å². The first-order valence-corrected chi connectivity index (χ1v) is 7.95. The maximum atomic E-state index is 12.5. The van der Waals surface area contributed by atoms with Crippen LogP contribution in [0.25, 0.3) is 0 Å². The molecular weight excluding hydrogens is 286 g/mol. The Morgan fingerprint density at radius 2 is 1.76 bits per heavy atom. The fourth-order valence-electron chi connectivity index (χ4n) is 2.06. The lowest BCUT2D eigenvalue weighted by Gasteiger charge is -2.18. The van der Waals surface area contributed by atoms with Gasteiger partial charge in [-0.15, -0.1) is 0 Å². The Bertz CT molecular complexity index is 755. The summed E-state index contributed by atoms with van der Waals surface area (Å²) in [5.41, 5.74) is 8.29. The summed E-state index contributed by atoms with van der Waals surface area (Å²) in [7, 11) is -0.00938. The molecule has 0 aliphatic rings. The van der Waals surface area contributed by atoms with Crippen molar-refractivity contribution in [2.75, 3.05) is 29.5 Å². The number of hydrogen-bond acceptors (Lipinski definition) is 4. The summed E-state index contributed by atoms with van der Waals surface area (Å²) in [6, 6.07) is 12.1. The highest BCUT2D eigenvalue weighted by atomic mass is 32.2. The van der Waals surface area contributed by atoms with Crippen LogP contribution in [0, 0.1) is 6.92 Å². The van der Waals surface area contributed by atoms with Gasteiger partial charge in [0.2, 0.25) is 0 Å². The van der Waals surface area contributed by atoms with E-state index in [1.54, 1.807) is 24.3 Å². The number of anilines is 3. The molecule has 6 heteroatoms. The normalized spacial score (nSPS) is 11.2. The van der Waals surface area contributed by atoms with Gasteiger partial charge in [0, 0.05) is 14.1 Å². The molecule has 0 saturated heterocycles. The second-order valence-electron chi connectivity index (χ2n) is 5.06. The molecule has 2 rings (SSSR count). The van der Waals surface area contributed by atoms with Crippen LogP contribution in [0.5, 0.6) is 0 Å². The summed E-state index contributed by atoms with van der Waals surface area (Å²) in [5.74, 6) is 0. The fraction of sp³-hybridized carbons (Fsp3) is 0.200. The monoisotopic (exact) mass is 305 g/mol. The third kappa shape index (κ3) is 3.28. The lowest BCUT2D eigenvalue weighted by molar-refractivity contribution is 0.601. The van der Waals surface area contributed by atoms with Gasteiger partial charge in [-0.1, -0.05) is 18.2 Å². The predicted octanol–water partition coefficient (Wildman–Crippen LogP) is 2.44. The Morgan fingerprint density at radius 3 is 2.38 bits per heavy atom. The highest BCUT2D eigenvalue weighted by Crippen LogP contribution is 2.28. The van der Waals surface area contributed by atoms with Gasteiger partial charge in [0.1, 0.15) is 4.90 Å². The summed E-state index contributed by atoms with van der Waals surface area (Å²) in [6.45, 7) is 1.86. The van der Waals surface area contributed by atoms with E-state index in [1.165, 1.54) is 6.07 Å². The van der Waals surface area contributed by atoms with E-state index in [-0.39, 0.29) is 10.6 Å². The van der Waals surface area contributed by atoms with Crippen molar-refractivity contribution in [3.63, 3.8) is 0 Å². The van der Waals surface area contributed by atoms with E-state index in [0.717, 1.165) is 11.3 Å². The van der Waals surface area contributed by atoms with Crippen molar-refractivity contribution >= 4 is 27.1 Å². The zero-order valence-electron chi connectivity index (χ0n) is 12.3. The first-order chi connectivity index (χ1) is 9.81. The molecule has 21 heavy (non-hydrogen) atoms. The number of nitrogens with two attached hydrogens (primary N) is 1. The number of benzene rings is 2. The number of nitrogens with zero attached hydrogens (tertiary/aromatic N) is 1. The molecule has 2 aromatic carbocycles. The van der Waals surface area contributed by atoms with Crippen LogP contribution in [0.4, 0.5) is 17.1 Å². The van der Waals surface area contributed by atoms with Gasteiger partial charge in [-0.05, 0) is 36.8 Å². The van der Waals surface area contributed by atoms with Crippen molar-refractivity contribution in [2.24, 2.45) is 0 Å². The zero-order valence-corrected chi connectivity index (χ0v) is 13.1. The molecule has 0 amide bonds. The topological polar surface area (TPSA) is 75.4 Å². The summed E-state index contributed by atoms with van der Waals surface area (Å²) >= 11 is 0. The summed E-state index contributed by atoms with van der Waals surface area (Å²) in [5, 5.41) is 0. The molecule has 0 radical (unpaired) electrons.